The minimum atomic E-state index is -0.261. The van der Waals surface area contributed by atoms with E-state index >= 15 is 0 Å². The topological polar surface area (TPSA) is 76.5 Å². The maximum Gasteiger partial charge on any atom is 0.333 e. The van der Waals surface area contributed by atoms with Crippen molar-refractivity contribution in [2.24, 2.45) is 0 Å². The lowest BCUT2D eigenvalue weighted by atomic mass is 10.1. The molecule has 0 unspecified atom stereocenters. The number of H-pyrrole nitrogens is 1. The Morgan fingerprint density at radius 2 is 1.77 bits per heavy atom. The molecule has 5 aromatic rings. The van der Waals surface area contributed by atoms with Gasteiger partial charge in [0.1, 0.15) is 0 Å². The first-order chi connectivity index (χ1) is 12.8. The lowest BCUT2D eigenvalue weighted by molar-refractivity contribution is 1.00. The zero-order chi connectivity index (χ0) is 17.5. The van der Waals surface area contributed by atoms with Gasteiger partial charge in [-0.15, -0.1) is 0 Å². The summed E-state index contributed by atoms with van der Waals surface area (Å²) in [6.45, 7) is 0. The highest BCUT2D eigenvalue weighted by Gasteiger charge is 2.13. The van der Waals surface area contributed by atoms with Gasteiger partial charge in [0.25, 0.3) is 0 Å². The molecule has 0 amide bonds. The van der Waals surface area contributed by atoms with Gasteiger partial charge in [-0.2, -0.15) is 0 Å². The fourth-order valence-electron chi connectivity index (χ4n) is 3.15. The van der Waals surface area contributed by atoms with E-state index in [1.807, 2.05) is 60.7 Å². The van der Waals surface area contributed by atoms with Crippen LogP contribution < -0.4 is 5.69 Å². The molecule has 0 aliphatic heterocycles. The Morgan fingerprint density at radius 1 is 0.885 bits per heavy atom. The molecule has 2 aromatic carbocycles. The van der Waals surface area contributed by atoms with Gasteiger partial charge < -0.3 is 0 Å². The number of hydrogen-bond acceptors (Lipinski definition) is 4. The largest absolute Gasteiger partial charge is 0.333 e. The van der Waals surface area contributed by atoms with E-state index in [-0.39, 0.29) is 5.69 Å². The predicted molar refractivity (Wildman–Crippen MR) is 100 cm³/mol. The number of imidazole rings is 1. The predicted octanol–water partition coefficient (Wildman–Crippen LogP) is 3.32. The highest BCUT2D eigenvalue weighted by Crippen LogP contribution is 2.26. The van der Waals surface area contributed by atoms with Gasteiger partial charge in [0.2, 0.25) is 0 Å². The van der Waals surface area contributed by atoms with Crippen LogP contribution in [0.15, 0.2) is 77.9 Å². The molecule has 0 fully saturated rings. The highest BCUT2D eigenvalue weighted by atomic mass is 16.1. The van der Waals surface area contributed by atoms with Gasteiger partial charge in [0.05, 0.1) is 23.1 Å². The smallest absolute Gasteiger partial charge is 0.288 e. The third-order valence-electron chi connectivity index (χ3n) is 4.33. The van der Waals surface area contributed by atoms with E-state index in [4.69, 9.17) is 4.98 Å². The molecule has 3 heterocycles. The van der Waals surface area contributed by atoms with Crippen LogP contribution >= 0.6 is 0 Å². The number of aromatic nitrogens is 5. The standard InChI is InChI=1S/C20H13N5O/c26-20-24-18-19(25(20)13-6-2-1-3-7-13)23-17(12-22-18)15-8-4-10-16-14(15)9-5-11-21-16/h1-12H,(H,22,24,26). The number of pyridine rings is 1. The molecule has 0 spiro atoms. The van der Waals surface area contributed by atoms with Gasteiger partial charge in [-0.05, 0) is 24.3 Å². The number of rotatable bonds is 2. The van der Waals surface area contributed by atoms with Crippen molar-refractivity contribution >= 4 is 22.2 Å². The fraction of sp³-hybridized carbons (Fsp3) is 0. The van der Waals surface area contributed by atoms with Gasteiger partial charge in [0, 0.05) is 17.1 Å². The van der Waals surface area contributed by atoms with Gasteiger partial charge in [0.15, 0.2) is 11.3 Å². The lowest BCUT2D eigenvalue weighted by Crippen LogP contribution is -2.14. The molecule has 3 aromatic heterocycles. The van der Waals surface area contributed by atoms with E-state index in [1.165, 1.54) is 4.57 Å². The monoisotopic (exact) mass is 339 g/mol. The van der Waals surface area contributed by atoms with Crippen LogP contribution in [0.3, 0.4) is 0 Å². The van der Waals surface area contributed by atoms with Crippen LogP contribution in [0.1, 0.15) is 0 Å². The minimum absolute atomic E-state index is 0.261. The SMILES string of the molecule is O=c1[nH]c2ncc(-c3cccc4ncccc34)nc2n1-c1ccccc1. The number of hydrogen-bond donors (Lipinski definition) is 1. The number of nitrogens with one attached hydrogen (secondary N) is 1. The summed E-state index contributed by atoms with van der Waals surface area (Å²) in [5, 5.41) is 0.993. The van der Waals surface area contributed by atoms with E-state index in [1.54, 1.807) is 12.4 Å². The summed E-state index contributed by atoms with van der Waals surface area (Å²) in [6.07, 6.45) is 3.44. The van der Waals surface area contributed by atoms with E-state index < -0.39 is 0 Å². The Balaban J connectivity index is 1.79. The molecule has 1 N–H and O–H groups in total. The number of fused-ring (bicyclic) bond motifs is 2. The average molecular weight is 339 g/mol. The quantitative estimate of drug-likeness (QED) is 0.535. The second-order valence-corrected chi connectivity index (χ2v) is 5.90. The van der Waals surface area contributed by atoms with E-state index in [9.17, 15) is 4.79 Å². The Bertz CT molecular complexity index is 1300. The van der Waals surface area contributed by atoms with Crippen LogP contribution in [-0.2, 0) is 0 Å². The molecule has 0 bridgehead atoms. The maximum absolute atomic E-state index is 12.4. The van der Waals surface area contributed by atoms with Crippen LogP contribution in [0.25, 0.3) is 39.1 Å². The van der Waals surface area contributed by atoms with Crippen LogP contribution in [0.5, 0.6) is 0 Å². The number of benzene rings is 2. The summed E-state index contributed by atoms with van der Waals surface area (Å²) in [4.78, 5) is 28.7. The number of aromatic amines is 1. The lowest BCUT2D eigenvalue weighted by Gasteiger charge is -2.06. The molecule has 6 heteroatoms. The van der Waals surface area contributed by atoms with Crippen LogP contribution in [0, 0.1) is 0 Å². The van der Waals surface area contributed by atoms with Gasteiger partial charge in [-0.3, -0.25) is 9.97 Å². The molecule has 0 atom stereocenters. The molecule has 0 radical (unpaired) electrons. The Hall–Kier alpha value is -3.80. The zero-order valence-corrected chi connectivity index (χ0v) is 13.6. The van der Waals surface area contributed by atoms with Gasteiger partial charge in [-0.1, -0.05) is 36.4 Å². The molecular weight excluding hydrogens is 326 g/mol. The van der Waals surface area contributed by atoms with Crippen molar-refractivity contribution in [1.29, 1.82) is 0 Å². The van der Waals surface area contributed by atoms with Crippen molar-refractivity contribution in [3.63, 3.8) is 0 Å². The Morgan fingerprint density at radius 3 is 2.65 bits per heavy atom. The van der Waals surface area contributed by atoms with Crippen molar-refractivity contribution in [1.82, 2.24) is 24.5 Å². The molecule has 0 aliphatic rings. The first-order valence-electron chi connectivity index (χ1n) is 8.18. The normalized spacial score (nSPS) is 11.2. The van der Waals surface area contributed by atoms with E-state index in [2.05, 4.69) is 15.0 Å². The van der Waals surface area contributed by atoms with E-state index in [0.717, 1.165) is 22.2 Å². The first kappa shape index (κ1) is 14.5. The third-order valence-corrected chi connectivity index (χ3v) is 4.33. The number of nitrogens with zero attached hydrogens (tertiary/aromatic N) is 4. The molecule has 5 rings (SSSR count). The van der Waals surface area contributed by atoms with Crippen molar-refractivity contribution < 1.29 is 0 Å². The molecule has 26 heavy (non-hydrogen) atoms. The van der Waals surface area contributed by atoms with Gasteiger partial charge >= 0.3 is 5.69 Å². The molecule has 0 aliphatic carbocycles. The zero-order valence-electron chi connectivity index (χ0n) is 13.6. The highest BCUT2D eigenvalue weighted by molar-refractivity contribution is 5.94. The first-order valence-corrected chi connectivity index (χ1v) is 8.18. The summed E-state index contributed by atoms with van der Waals surface area (Å²) in [7, 11) is 0. The molecule has 6 nitrogen and oxygen atoms in total. The van der Waals surface area contributed by atoms with Crippen LogP contribution in [-0.4, -0.2) is 24.5 Å². The fourth-order valence-corrected chi connectivity index (χ4v) is 3.15. The molecule has 0 saturated heterocycles. The summed E-state index contributed by atoms with van der Waals surface area (Å²) < 4.78 is 1.54. The third kappa shape index (κ3) is 2.20. The summed E-state index contributed by atoms with van der Waals surface area (Å²) in [6, 6.07) is 19.2. The summed E-state index contributed by atoms with van der Waals surface area (Å²) in [5.41, 5.74) is 3.96. The molecule has 0 saturated carbocycles. The Labute approximate surface area is 147 Å². The van der Waals surface area contributed by atoms with Crippen LogP contribution in [0.4, 0.5) is 0 Å². The van der Waals surface area contributed by atoms with Gasteiger partial charge in [-0.25, -0.2) is 19.3 Å². The Kier molecular flexibility index (Phi) is 3.15. The van der Waals surface area contributed by atoms with Crippen molar-refractivity contribution in [2.45, 2.75) is 0 Å². The van der Waals surface area contributed by atoms with Crippen LogP contribution in [0.2, 0.25) is 0 Å². The van der Waals surface area contributed by atoms with Crippen molar-refractivity contribution in [3.8, 4) is 16.9 Å². The summed E-state index contributed by atoms with van der Waals surface area (Å²) in [5.74, 6) is 0. The average Bonchev–Trinajstić information content (AvgIpc) is 3.03. The van der Waals surface area contributed by atoms with Crippen molar-refractivity contribution in [2.75, 3.05) is 0 Å². The van der Waals surface area contributed by atoms with E-state index in [0.29, 0.717) is 17.0 Å². The second kappa shape index (κ2) is 5.63. The number of para-hydroxylation sites is 1. The molecular formula is C20H13N5O. The second-order valence-electron chi connectivity index (χ2n) is 5.90. The minimum Gasteiger partial charge on any atom is -0.288 e. The summed E-state index contributed by atoms with van der Waals surface area (Å²) >= 11 is 0. The van der Waals surface area contributed by atoms with Crippen molar-refractivity contribution in [3.05, 3.63) is 83.5 Å². The maximum atomic E-state index is 12.4. The molecule has 124 valence electrons.